The lowest BCUT2D eigenvalue weighted by Crippen LogP contribution is -2.03. The zero-order valence-electron chi connectivity index (χ0n) is 10.6. The first-order valence-corrected chi connectivity index (χ1v) is 6.43. The van der Waals surface area contributed by atoms with Gasteiger partial charge in [-0.1, -0.05) is 15.9 Å². The quantitative estimate of drug-likeness (QED) is 0.937. The molecule has 6 heteroatoms. The first-order chi connectivity index (χ1) is 9.13. The molecule has 4 nitrogen and oxygen atoms in total. The molecule has 0 fully saturated rings. The molecule has 100 valence electrons. The summed E-state index contributed by atoms with van der Waals surface area (Å²) in [5, 5.41) is 2.93. The van der Waals surface area contributed by atoms with Gasteiger partial charge in [-0.05, 0) is 18.2 Å². The SMILES string of the molecule is CNc1cc(-c2cc(Br)ccc2F)nc(COC)n1. The summed E-state index contributed by atoms with van der Waals surface area (Å²) >= 11 is 3.33. The van der Waals surface area contributed by atoms with Gasteiger partial charge < -0.3 is 10.1 Å². The van der Waals surface area contributed by atoms with Crippen molar-refractivity contribution >= 4 is 21.7 Å². The zero-order chi connectivity index (χ0) is 13.8. The molecule has 0 spiro atoms. The zero-order valence-corrected chi connectivity index (χ0v) is 12.2. The minimum Gasteiger partial charge on any atom is -0.377 e. The molecule has 0 aliphatic heterocycles. The number of rotatable bonds is 4. The third kappa shape index (κ3) is 3.27. The molecule has 1 aromatic carbocycles. The van der Waals surface area contributed by atoms with Crippen molar-refractivity contribution in [2.45, 2.75) is 6.61 Å². The lowest BCUT2D eigenvalue weighted by Gasteiger charge is -2.08. The summed E-state index contributed by atoms with van der Waals surface area (Å²) < 4.78 is 19.7. The molecule has 1 aromatic heterocycles. The summed E-state index contributed by atoms with van der Waals surface area (Å²) in [4.78, 5) is 8.54. The average molecular weight is 326 g/mol. The van der Waals surface area contributed by atoms with Gasteiger partial charge in [-0.15, -0.1) is 0 Å². The first-order valence-electron chi connectivity index (χ1n) is 5.64. The van der Waals surface area contributed by atoms with Crippen LogP contribution in [0.25, 0.3) is 11.3 Å². The average Bonchev–Trinajstić information content (AvgIpc) is 2.41. The van der Waals surface area contributed by atoms with E-state index >= 15 is 0 Å². The summed E-state index contributed by atoms with van der Waals surface area (Å²) in [6, 6.07) is 6.43. The molecule has 1 heterocycles. The van der Waals surface area contributed by atoms with Crippen LogP contribution < -0.4 is 5.32 Å². The number of benzene rings is 1. The van der Waals surface area contributed by atoms with Crippen molar-refractivity contribution in [2.24, 2.45) is 0 Å². The summed E-state index contributed by atoms with van der Waals surface area (Å²) in [6.45, 7) is 0.276. The summed E-state index contributed by atoms with van der Waals surface area (Å²) in [5.74, 6) is 0.799. The fraction of sp³-hybridized carbons (Fsp3) is 0.231. The highest BCUT2D eigenvalue weighted by atomic mass is 79.9. The van der Waals surface area contributed by atoms with Crippen LogP contribution in [0.2, 0.25) is 0 Å². The summed E-state index contributed by atoms with van der Waals surface area (Å²) in [5.41, 5.74) is 0.941. The van der Waals surface area contributed by atoms with Crippen molar-refractivity contribution in [1.29, 1.82) is 0 Å². The number of nitrogens with one attached hydrogen (secondary N) is 1. The van der Waals surface area contributed by atoms with E-state index in [-0.39, 0.29) is 12.4 Å². The van der Waals surface area contributed by atoms with Gasteiger partial charge >= 0.3 is 0 Å². The second-order valence-corrected chi connectivity index (χ2v) is 4.78. The Labute approximate surface area is 119 Å². The number of ether oxygens (including phenoxy) is 1. The van der Waals surface area contributed by atoms with Crippen LogP contribution in [0, 0.1) is 5.82 Å². The van der Waals surface area contributed by atoms with Crippen LogP contribution in [0.15, 0.2) is 28.7 Å². The van der Waals surface area contributed by atoms with Gasteiger partial charge in [0.15, 0.2) is 5.82 Å². The van der Waals surface area contributed by atoms with Crippen LogP contribution in [0.3, 0.4) is 0 Å². The number of nitrogens with zero attached hydrogens (tertiary/aromatic N) is 2. The van der Waals surface area contributed by atoms with Crippen LogP contribution in [0.5, 0.6) is 0 Å². The number of hydrogen-bond donors (Lipinski definition) is 1. The first kappa shape index (κ1) is 13.9. The van der Waals surface area contributed by atoms with Crippen LogP contribution in [-0.4, -0.2) is 24.1 Å². The van der Waals surface area contributed by atoms with Crippen LogP contribution in [0.1, 0.15) is 5.82 Å². The number of aromatic nitrogens is 2. The maximum absolute atomic E-state index is 13.9. The molecule has 0 radical (unpaired) electrons. The van der Waals surface area contributed by atoms with Gasteiger partial charge in [-0.2, -0.15) is 0 Å². The Hall–Kier alpha value is -1.53. The molecule has 2 rings (SSSR count). The topological polar surface area (TPSA) is 47.0 Å². The number of anilines is 1. The molecule has 0 saturated heterocycles. The van der Waals surface area contributed by atoms with E-state index in [0.29, 0.717) is 22.9 Å². The van der Waals surface area contributed by atoms with E-state index in [0.717, 1.165) is 4.47 Å². The number of halogens is 2. The van der Waals surface area contributed by atoms with Crippen molar-refractivity contribution in [1.82, 2.24) is 9.97 Å². The minimum absolute atomic E-state index is 0.276. The normalized spacial score (nSPS) is 10.5. The van der Waals surface area contributed by atoms with E-state index in [9.17, 15) is 4.39 Å². The predicted molar refractivity (Wildman–Crippen MR) is 75.4 cm³/mol. The number of methoxy groups -OCH3 is 1. The summed E-state index contributed by atoms with van der Waals surface area (Å²) in [7, 11) is 3.31. The largest absolute Gasteiger partial charge is 0.377 e. The van der Waals surface area contributed by atoms with Crippen LogP contribution in [-0.2, 0) is 11.3 Å². The fourth-order valence-electron chi connectivity index (χ4n) is 1.65. The van der Waals surface area contributed by atoms with E-state index in [1.807, 2.05) is 0 Å². The lowest BCUT2D eigenvalue weighted by atomic mass is 10.1. The third-order valence-corrected chi connectivity index (χ3v) is 3.00. The van der Waals surface area contributed by atoms with E-state index in [1.54, 1.807) is 32.4 Å². The molecular formula is C13H13BrFN3O. The highest BCUT2D eigenvalue weighted by Crippen LogP contribution is 2.26. The Morgan fingerprint density at radius 2 is 2.11 bits per heavy atom. The molecule has 0 atom stereocenters. The van der Waals surface area contributed by atoms with Gasteiger partial charge in [0.05, 0.1) is 5.69 Å². The molecule has 2 aromatic rings. The monoisotopic (exact) mass is 325 g/mol. The molecule has 1 N–H and O–H groups in total. The lowest BCUT2D eigenvalue weighted by molar-refractivity contribution is 0.178. The molecule has 0 aliphatic rings. The Bertz CT molecular complexity index is 592. The van der Waals surface area contributed by atoms with Crippen LogP contribution in [0.4, 0.5) is 10.2 Å². The smallest absolute Gasteiger partial charge is 0.157 e. The Kier molecular flexibility index (Phi) is 4.44. The van der Waals surface area contributed by atoms with Crippen molar-refractivity contribution in [3.63, 3.8) is 0 Å². The predicted octanol–water partition coefficient (Wildman–Crippen LogP) is 3.23. The van der Waals surface area contributed by atoms with Crippen molar-refractivity contribution in [3.8, 4) is 11.3 Å². The van der Waals surface area contributed by atoms with Gasteiger partial charge in [0.1, 0.15) is 18.2 Å². The maximum atomic E-state index is 13.9. The second kappa shape index (κ2) is 6.08. The standard InChI is InChI=1S/C13H13BrFN3O/c1-16-12-6-11(17-13(18-12)7-19-2)9-5-8(14)3-4-10(9)15/h3-6H,7H2,1-2H3,(H,16,17,18). The maximum Gasteiger partial charge on any atom is 0.157 e. The van der Waals surface area contributed by atoms with Crippen molar-refractivity contribution in [2.75, 3.05) is 19.5 Å². The van der Waals surface area contributed by atoms with Crippen molar-refractivity contribution in [3.05, 3.63) is 40.4 Å². The van der Waals surface area contributed by atoms with E-state index in [2.05, 4.69) is 31.2 Å². The van der Waals surface area contributed by atoms with E-state index in [4.69, 9.17) is 4.74 Å². The van der Waals surface area contributed by atoms with Crippen LogP contribution >= 0.6 is 15.9 Å². The van der Waals surface area contributed by atoms with Gasteiger partial charge in [-0.3, -0.25) is 0 Å². The van der Waals surface area contributed by atoms with Gasteiger partial charge in [-0.25, -0.2) is 14.4 Å². The van der Waals surface area contributed by atoms with Gasteiger partial charge in [0, 0.05) is 30.3 Å². The molecule has 0 aliphatic carbocycles. The highest BCUT2D eigenvalue weighted by molar-refractivity contribution is 9.10. The van der Waals surface area contributed by atoms with E-state index in [1.165, 1.54) is 6.07 Å². The highest BCUT2D eigenvalue weighted by Gasteiger charge is 2.10. The number of hydrogen-bond acceptors (Lipinski definition) is 4. The fourth-order valence-corrected chi connectivity index (χ4v) is 2.01. The summed E-state index contributed by atoms with van der Waals surface area (Å²) in [6.07, 6.45) is 0. The second-order valence-electron chi connectivity index (χ2n) is 3.86. The molecule has 0 amide bonds. The molecule has 0 unspecified atom stereocenters. The molecular weight excluding hydrogens is 313 g/mol. The Balaban J connectivity index is 2.54. The van der Waals surface area contributed by atoms with Gasteiger partial charge in [0.2, 0.25) is 0 Å². The Morgan fingerprint density at radius 3 is 2.79 bits per heavy atom. The Morgan fingerprint density at radius 1 is 1.32 bits per heavy atom. The van der Waals surface area contributed by atoms with E-state index < -0.39 is 0 Å². The minimum atomic E-state index is -0.327. The third-order valence-electron chi connectivity index (χ3n) is 2.51. The molecule has 0 saturated carbocycles. The molecule has 0 bridgehead atoms. The van der Waals surface area contributed by atoms with Gasteiger partial charge in [0.25, 0.3) is 0 Å². The van der Waals surface area contributed by atoms with Crippen molar-refractivity contribution < 1.29 is 9.13 Å². The molecule has 19 heavy (non-hydrogen) atoms.